The van der Waals surface area contributed by atoms with E-state index in [9.17, 15) is 4.79 Å². The molecule has 0 saturated heterocycles. The van der Waals surface area contributed by atoms with Crippen LogP contribution in [0, 0.1) is 0 Å². The number of aromatic amines is 1. The van der Waals surface area contributed by atoms with Gasteiger partial charge in [-0.05, 0) is 25.0 Å². The number of hydrogen-bond donors (Lipinski definition) is 2. The van der Waals surface area contributed by atoms with E-state index in [4.69, 9.17) is 4.74 Å². The van der Waals surface area contributed by atoms with Gasteiger partial charge in [0.25, 0.3) is 5.56 Å². The van der Waals surface area contributed by atoms with E-state index < -0.39 is 0 Å². The van der Waals surface area contributed by atoms with Gasteiger partial charge in [0.15, 0.2) is 5.65 Å². The summed E-state index contributed by atoms with van der Waals surface area (Å²) in [5.41, 5.74) is 1.18. The molecule has 124 valence electrons. The van der Waals surface area contributed by atoms with Crippen molar-refractivity contribution in [1.82, 2.24) is 19.7 Å². The van der Waals surface area contributed by atoms with E-state index >= 15 is 0 Å². The van der Waals surface area contributed by atoms with Crippen LogP contribution in [0.25, 0.3) is 11.0 Å². The molecule has 0 radical (unpaired) electrons. The molecule has 0 amide bonds. The molecule has 1 aliphatic carbocycles. The molecule has 1 aromatic carbocycles. The summed E-state index contributed by atoms with van der Waals surface area (Å²) in [5.74, 6) is 1.07. The highest BCUT2D eigenvalue weighted by Crippen LogP contribution is 2.31. The van der Waals surface area contributed by atoms with Crippen molar-refractivity contribution < 1.29 is 4.74 Å². The van der Waals surface area contributed by atoms with Gasteiger partial charge in [0.1, 0.15) is 11.1 Å². The minimum absolute atomic E-state index is 0.193. The number of benzene rings is 1. The molecule has 1 fully saturated rings. The van der Waals surface area contributed by atoms with E-state index in [0.29, 0.717) is 28.8 Å². The number of para-hydroxylation sites is 2. The number of hydrogen-bond acceptors (Lipinski definition) is 5. The maximum absolute atomic E-state index is 12.4. The van der Waals surface area contributed by atoms with Crippen LogP contribution in [-0.4, -0.2) is 26.9 Å². The Hall–Kier alpha value is -2.83. The zero-order valence-corrected chi connectivity index (χ0v) is 13.5. The molecule has 0 bridgehead atoms. The molecule has 24 heavy (non-hydrogen) atoms. The Balaban J connectivity index is 1.76. The van der Waals surface area contributed by atoms with Gasteiger partial charge in [-0.25, -0.2) is 4.68 Å². The normalized spacial score (nSPS) is 15.0. The molecule has 0 unspecified atom stereocenters. The second-order valence-corrected chi connectivity index (χ2v) is 6.00. The highest BCUT2D eigenvalue weighted by molar-refractivity contribution is 5.75. The molecular formula is C17H19N5O2. The Morgan fingerprint density at radius 1 is 1.29 bits per heavy atom. The molecule has 1 saturated carbocycles. The molecule has 7 nitrogen and oxygen atoms in total. The highest BCUT2D eigenvalue weighted by Gasteiger charge is 2.21. The number of rotatable bonds is 4. The Labute approximate surface area is 138 Å². The maximum atomic E-state index is 12.4. The molecule has 0 aliphatic heterocycles. The Kier molecular flexibility index (Phi) is 3.68. The van der Waals surface area contributed by atoms with Gasteiger partial charge in [-0.3, -0.25) is 9.78 Å². The summed E-state index contributed by atoms with van der Waals surface area (Å²) in [4.78, 5) is 19.7. The van der Waals surface area contributed by atoms with Crippen molar-refractivity contribution in [2.45, 2.75) is 31.7 Å². The SMILES string of the molecule is COc1ccccc1Nc1nc2c(cnn2C2CCCC2)c(=O)[nH]1. The first-order chi connectivity index (χ1) is 11.8. The minimum Gasteiger partial charge on any atom is -0.495 e. The predicted molar refractivity (Wildman–Crippen MR) is 91.9 cm³/mol. The third-order valence-electron chi connectivity index (χ3n) is 4.49. The summed E-state index contributed by atoms with van der Waals surface area (Å²) in [6.07, 6.45) is 6.16. The summed E-state index contributed by atoms with van der Waals surface area (Å²) in [5, 5.41) is 8.05. The van der Waals surface area contributed by atoms with Crippen molar-refractivity contribution >= 4 is 22.7 Å². The van der Waals surface area contributed by atoms with Crippen LogP contribution in [-0.2, 0) is 0 Å². The fourth-order valence-corrected chi connectivity index (χ4v) is 3.29. The summed E-state index contributed by atoms with van der Waals surface area (Å²) >= 11 is 0. The quantitative estimate of drug-likeness (QED) is 0.770. The molecule has 2 aromatic heterocycles. The Morgan fingerprint density at radius 3 is 2.88 bits per heavy atom. The van der Waals surface area contributed by atoms with Crippen molar-refractivity contribution in [3.63, 3.8) is 0 Å². The number of ether oxygens (including phenoxy) is 1. The monoisotopic (exact) mass is 325 g/mol. The van der Waals surface area contributed by atoms with Crippen LogP contribution in [0.2, 0.25) is 0 Å². The molecule has 3 aromatic rings. The van der Waals surface area contributed by atoms with Crippen molar-refractivity contribution in [3.05, 3.63) is 40.8 Å². The number of H-pyrrole nitrogens is 1. The standard InChI is InChI=1S/C17H19N5O2/c1-24-14-9-5-4-8-13(14)19-17-20-15-12(16(23)21-17)10-18-22(15)11-6-2-3-7-11/h4-5,8-11H,2-3,6-7H2,1H3,(H2,19,20,21,23). The first kappa shape index (κ1) is 14.7. The fraction of sp³-hybridized carbons (Fsp3) is 0.353. The van der Waals surface area contributed by atoms with E-state index in [-0.39, 0.29) is 5.56 Å². The molecule has 0 atom stereocenters. The minimum atomic E-state index is -0.193. The summed E-state index contributed by atoms with van der Waals surface area (Å²) in [6, 6.07) is 7.83. The van der Waals surface area contributed by atoms with Crippen LogP contribution in [0.1, 0.15) is 31.7 Å². The van der Waals surface area contributed by atoms with Gasteiger partial charge in [-0.1, -0.05) is 25.0 Å². The molecule has 4 rings (SSSR count). The molecular weight excluding hydrogens is 306 g/mol. The van der Waals surface area contributed by atoms with E-state index in [2.05, 4.69) is 20.4 Å². The van der Waals surface area contributed by atoms with Gasteiger partial charge in [0.2, 0.25) is 5.95 Å². The number of methoxy groups -OCH3 is 1. The van der Waals surface area contributed by atoms with Crippen molar-refractivity contribution in [3.8, 4) is 5.75 Å². The van der Waals surface area contributed by atoms with Crippen LogP contribution < -0.4 is 15.6 Å². The molecule has 2 heterocycles. The van der Waals surface area contributed by atoms with Gasteiger partial charge in [0.05, 0.1) is 25.0 Å². The largest absolute Gasteiger partial charge is 0.495 e. The second-order valence-electron chi connectivity index (χ2n) is 6.00. The van der Waals surface area contributed by atoms with Crippen LogP contribution >= 0.6 is 0 Å². The van der Waals surface area contributed by atoms with E-state index in [1.165, 1.54) is 12.8 Å². The average molecular weight is 325 g/mol. The number of nitrogens with zero attached hydrogens (tertiary/aromatic N) is 3. The smallest absolute Gasteiger partial charge is 0.263 e. The van der Waals surface area contributed by atoms with Crippen LogP contribution in [0.4, 0.5) is 11.6 Å². The molecule has 2 N–H and O–H groups in total. The summed E-state index contributed by atoms with van der Waals surface area (Å²) < 4.78 is 7.22. The first-order valence-corrected chi connectivity index (χ1v) is 8.14. The van der Waals surface area contributed by atoms with Gasteiger partial charge in [0, 0.05) is 0 Å². The lowest BCUT2D eigenvalue weighted by Crippen LogP contribution is -2.13. The van der Waals surface area contributed by atoms with Crippen molar-refractivity contribution in [1.29, 1.82) is 0 Å². The molecule has 0 spiro atoms. The predicted octanol–water partition coefficient (Wildman–Crippen LogP) is 2.99. The van der Waals surface area contributed by atoms with E-state index in [1.54, 1.807) is 13.3 Å². The Morgan fingerprint density at radius 2 is 2.08 bits per heavy atom. The lowest BCUT2D eigenvalue weighted by Gasteiger charge is -2.12. The summed E-state index contributed by atoms with van der Waals surface area (Å²) in [7, 11) is 1.61. The molecule has 1 aliphatic rings. The summed E-state index contributed by atoms with van der Waals surface area (Å²) in [6.45, 7) is 0. The van der Waals surface area contributed by atoms with Crippen LogP contribution in [0.5, 0.6) is 5.75 Å². The third-order valence-corrected chi connectivity index (χ3v) is 4.49. The number of nitrogens with one attached hydrogen (secondary N) is 2. The molecule has 7 heteroatoms. The lowest BCUT2D eigenvalue weighted by molar-refractivity contribution is 0.417. The van der Waals surface area contributed by atoms with Crippen LogP contribution in [0.15, 0.2) is 35.3 Å². The van der Waals surface area contributed by atoms with E-state index in [1.807, 2.05) is 28.9 Å². The second kappa shape index (κ2) is 5.99. The van der Waals surface area contributed by atoms with Crippen molar-refractivity contribution in [2.75, 3.05) is 12.4 Å². The fourth-order valence-electron chi connectivity index (χ4n) is 3.29. The van der Waals surface area contributed by atoms with E-state index in [0.717, 1.165) is 18.5 Å². The van der Waals surface area contributed by atoms with Crippen molar-refractivity contribution in [2.24, 2.45) is 0 Å². The van der Waals surface area contributed by atoms with Gasteiger partial charge in [-0.2, -0.15) is 10.1 Å². The zero-order chi connectivity index (χ0) is 16.5. The van der Waals surface area contributed by atoms with Gasteiger partial charge < -0.3 is 10.1 Å². The Bertz CT molecular complexity index is 924. The third kappa shape index (κ3) is 2.51. The first-order valence-electron chi connectivity index (χ1n) is 8.14. The highest BCUT2D eigenvalue weighted by atomic mass is 16.5. The van der Waals surface area contributed by atoms with Gasteiger partial charge >= 0.3 is 0 Å². The lowest BCUT2D eigenvalue weighted by atomic mass is 10.2. The zero-order valence-electron chi connectivity index (χ0n) is 13.5. The average Bonchev–Trinajstić information content (AvgIpc) is 3.24. The van der Waals surface area contributed by atoms with Crippen LogP contribution in [0.3, 0.4) is 0 Å². The number of aromatic nitrogens is 4. The number of anilines is 2. The maximum Gasteiger partial charge on any atom is 0.263 e. The topological polar surface area (TPSA) is 84.8 Å². The van der Waals surface area contributed by atoms with Gasteiger partial charge in [-0.15, -0.1) is 0 Å². The number of fused-ring (bicyclic) bond motifs is 1.